The average molecular weight is 294 g/mol. The van der Waals surface area contributed by atoms with Crippen LogP contribution in [0.15, 0.2) is 12.5 Å². The highest BCUT2D eigenvalue weighted by Crippen LogP contribution is 2.07. The van der Waals surface area contributed by atoms with Gasteiger partial charge in [-0.1, -0.05) is 39.5 Å². The highest BCUT2D eigenvalue weighted by Gasteiger charge is 2.21. The molecule has 1 heterocycles. The summed E-state index contributed by atoms with van der Waals surface area (Å²) in [6, 6.07) is -0.489. The van der Waals surface area contributed by atoms with E-state index in [0.717, 1.165) is 57.3 Å². The molecule has 0 fully saturated rings. The van der Waals surface area contributed by atoms with E-state index in [1.165, 1.54) is 0 Å². The summed E-state index contributed by atoms with van der Waals surface area (Å²) >= 11 is 0. The second-order valence-corrected chi connectivity index (χ2v) is 5.61. The van der Waals surface area contributed by atoms with Crippen LogP contribution in [0.25, 0.3) is 0 Å². The molecule has 3 N–H and O–H groups in total. The molecule has 120 valence electrons. The Morgan fingerprint density at radius 2 is 1.86 bits per heavy atom. The van der Waals surface area contributed by atoms with Crippen LogP contribution in [-0.2, 0) is 11.2 Å². The Kier molecular flexibility index (Phi) is 8.74. The lowest BCUT2D eigenvalue weighted by atomic mass is 10.1. The fourth-order valence-corrected chi connectivity index (χ4v) is 2.39. The number of carbonyl (C=O) groups excluding carboxylic acids is 1. The lowest BCUT2D eigenvalue weighted by Crippen LogP contribution is -2.45. The van der Waals surface area contributed by atoms with Gasteiger partial charge in [0.25, 0.3) is 0 Å². The fraction of sp³-hybridized carbons (Fsp3) is 0.750. The van der Waals surface area contributed by atoms with Gasteiger partial charge in [0.1, 0.15) is 0 Å². The van der Waals surface area contributed by atoms with Crippen LogP contribution >= 0.6 is 0 Å². The van der Waals surface area contributed by atoms with Gasteiger partial charge in [0, 0.05) is 25.7 Å². The van der Waals surface area contributed by atoms with Crippen molar-refractivity contribution < 1.29 is 4.79 Å². The predicted octanol–water partition coefficient (Wildman–Crippen LogP) is 2.49. The summed E-state index contributed by atoms with van der Waals surface area (Å²) in [5.74, 6) is 0.0604. The SMILES string of the molecule is CCCCCN(CCCCC)C(=O)[C@@H](N)Cc1c[nH]cn1. The van der Waals surface area contributed by atoms with Crippen LogP contribution in [0.3, 0.4) is 0 Å². The van der Waals surface area contributed by atoms with Crippen molar-refractivity contribution in [1.29, 1.82) is 0 Å². The van der Waals surface area contributed by atoms with Crippen LogP contribution in [0.1, 0.15) is 58.1 Å². The second-order valence-electron chi connectivity index (χ2n) is 5.61. The zero-order valence-electron chi connectivity index (χ0n) is 13.5. The van der Waals surface area contributed by atoms with Gasteiger partial charge in [-0.25, -0.2) is 4.98 Å². The van der Waals surface area contributed by atoms with E-state index in [2.05, 4.69) is 23.8 Å². The predicted molar refractivity (Wildman–Crippen MR) is 85.9 cm³/mol. The number of amides is 1. The molecule has 1 rings (SSSR count). The minimum atomic E-state index is -0.489. The van der Waals surface area contributed by atoms with E-state index >= 15 is 0 Å². The lowest BCUT2D eigenvalue weighted by molar-refractivity contribution is -0.132. The molecule has 0 spiro atoms. The number of imidazole rings is 1. The first kappa shape index (κ1) is 17.7. The zero-order chi connectivity index (χ0) is 15.5. The van der Waals surface area contributed by atoms with Crippen molar-refractivity contribution in [2.45, 2.75) is 64.8 Å². The molecule has 0 saturated heterocycles. The lowest BCUT2D eigenvalue weighted by Gasteiger charge is -2.25. The first-order valence-electron chi connectivity index (χ1n) is 8.21. The third-order valence-electron chi connectivity index (χ3n) is 3.68. The van der Waals surface area contributed by atoms with Crippen molar-refractivity contribution in [3.05, 3.63) is 18.2 Å². The quantitative estimate of drug-likeness (QED) is 0.616. The van der Waals surface area contributed by atoms with Crippen molar-refractivity contribution in [2.24, 2.45) is 5.73 Å². The number of rotatable bonds is 11. The van der Waals surface area contributed by atoms with E-state index in [4.69, 9.17) is 5.73 Å². The molecule has 0 saturated carbocycles. The highest BCUT2D eigenvalue weighted by atomic mass is 16.2. The topological polar surface area (TPSA) is 75.0 Å². The molecule has 1 aromatic heterocycles. The maximum absolute atomic E-state index is 12.5. The molecule has 1 atom stereocenters. The molecule has 0 aromatic carbocycles. The number of carbonyl (C=O) groups is 1. The zero-order valence-corrected chi connectivity index (χ0v) is 13.5. The van der Waals surface area contributed by atoms with Gasteiger partial charge in [-0.3, -0.25) is 4.79 Å². The summed E-state index contributed by atoms with van der Waals surface area (Å²) in [5, 5.41) is 0. The van der Waals surface area contributed by atoms with Crippen molar-refractivity contribution in [3.8, 4) is 0 Å². The molecule has 21 heavy (non-hydrogen) atoms. The summed E-state index contributed by atoms with van der Waals surface area (Å²) in [5.41, 5.74) is 6.92. The Morgan fingerprint density at radius 1 is 1.24 bits per heavy atom. The van der Waals surface area contributed by atoms with Gasteiger partial charge < -0.3 is 15.6 Å². The van der Waals surface area contributed by atoms with Crippen molar-refractivity contribution >= 4 is 5.91 Å². The maximum atomic E-state index is 12.5. The van der Waals surface area contributed by atoms with Crippen LogP contribution in [0.4, 0.5) is 0 Å². The van der Waals surface area contributed by atoms with Gasteiger partial charge >= 0.3 is 0 Å². The summed E-state index contributed by atoms with van der Waals surface area (Å²) in [6.45, 7) is 5.99. The van der Waals surface area contributed by atoms with Gasteiger partial charge in [-0.15, -0.1) is 0 Å². The molecule has 1 amide bonds. The molecule has 0 aliphatic rings. The summed E-state index contributed by atoms with van der Waals surface area (Å²) in [7, 11) is 0. The van der Waals surface area contributed by atoms with Crippen molar-refractivity contribution in [1.82, 2.24) is 14.9 Å². The molecule has 0 bridgehead atoms. The molecule has 0 aliphatic carbocycles. The Morgan fingerprint density at radius 3 is 2.33 bits per heavy atom. The molecular weight excluding hydrogens is 264 g/mol. The number of aromatic amines is 1. The van der Waals surface area contributed by atoms with E-state index in [1.807, 2.05) is 4.90 Å². The van der Waals surface area contributed by atoms with Gasteiger partial charge in [-0.2, -0.15) is 0 Å². The number of unbranched alkanes of at least 4 members (excludes halogenated alkanes) is 4. The van der Waals surface area contributed by atoms with E-state index < -0.39 is 6.04 Å². The summed E-state index contributed by atoms with van der Waals surface area (Å²) in [4.78, 5) is 21.5. The molecule has 0 radical (unpaired) electrons. The van der Waals surface area contributed by atoms with E-state index in [9.17, 15) is 4.79 Å². The van der Waals surface area contributed by atoms with Crippen LogP contribution in [0.5, 0.6) is 0 Å². The fourth-order valence-electron chi connectivity index (χ4n) is 2.39. The standard InChI is InChI=1S/C16H30N4O/c1-3-5-7-9-20(10-8-6-4-2)16(21)15(17)11-14-12-18-13-19-14/h12-13,15H,3-11,17H2,1-2H3,(H,18,19)/t15-/m0/s1. The minimum Gasteiger partial charge on any atom is -0.351 e. The first-order chi connectivity index (χ1) is 10.2. The van der Waals surface area contributed by atoms with Gasteiger partial charge in [-0.05, 0) is 12.8 Å². The Bertz CT molecular complexity index is 368. The normalized spacial score (nSPS) is 12.3. The number of hydrogen-bond acceptors (Lipinski definition) is 3. The average Bonchev–Trinajstić information content (AvgIpc) is 2.98. The summed E-state index contributed by atoms with van der Waals surface area (Å²) < 4.78 is 0. The number of nitrogens with two attached hydrogens (primary N) is 1. The molecular formula is C16H30N4O. The Balaban J connectivity index is 2.50. The molecule has 0 unspecified atom stereocenters. The Labute approximate surface area is 128 Å². The molecule has 5 nitrogen and oxygen atoms in total. The van der Waals surface area contributed by atoms with Crippen molar-refractivity contribution in [2.75, 3.05) is 13.1 Å². The largest absolute Gasteiger partial charge is 0.351 e. The number of hydrogen-bond donors (Lipinski definition) is 2. The van der Waals surface area contributed by atoms with Crippen molar-refractivity contribution in [3.63, 3.8) is 0 Å². The number of nitrogens with one attached hydrogen (secondary N) is 1. The van der Waals surface area contributed by atoms with Gasteiger partial charge in [0.2, 0.25) is 5.91 Å². The smallest absolute Gasteiger partial charge is 0.239 e. The second kappa shape index (κ2) is 10.4. The van der Waals surface area contributed by atoms with Crippen LogP contribution in [0, 0.1) is 0 Å². The van der Waals surface area contributed by atoms with Crippen LogP contribution < -0.4 is 5.73 Å². The Hall–Kier alpha value is -1.36. The molecule has 1 aromatic rings. The summed E-state index contributed by atoms with van der Waals surface area (Å²) in [6.07, 6.45) is 10.7. The van der Waals surface area contributed by atoms with E-state index in [0.29, 0.717) is 6.42 Å². The number of aromatic nitrogens is 2. The van der Waals surface area contributed by atoms with Gasteiger partial charge in [0.05, 0.1) is 18.1 Å². The van der Waals surface area contributed by atoms with Gasteiger partial charge in [0.15, 0.2) is 0 Å². The maximum Gasteiger partial charge on any atom is 0.239 e. The molecule has 0 aliphatic heterocycles. The third kappa shape index (κ3) is 6.76. The van der Waals surface area contributed by atoms with E-state index in [1.54, 1.807) is 12.5 Å². The monoisotopic (exact) mass is 294 g/mol. The highest BCUT2D eigenvalue weighted by molar-refractivity contribution is 5.81. The van der Waals surface area contributed by atoms with Crippen LogP contribution in [-0.4, -0.2) is 39.9 Å². The third-order valence-corrected chi connectivity index (χ3v) is 3.68. The number of nitrogens with zero attached hydrogens (tertiary/aromatic N) is 2. The minimum absolute atomic E-state index is 0.0604. The van der Waals surface area contributed by atoms with Crippen LogP contribution in [0.2, 0.25) is 0 Å². The van der Waals surface area contributed by atoms with E-state index in [-0.39, 0.29) is 5.91 Å². The molecule has 5 heteroatoms. The first-order valence-corrected chi connectivity index (χ1v) is 8.21. The number of H-pyrrole nitrogens is 1.